The van der Waals surface area contributed by atoms with Crippen LogP contribution in [0, 0.1) is 0 Å². The fourth-order valence-electron chi connectivity index (χ4n) is 5.72. The van der Waals surface area contributed by atoms with E-state index >= 15 is 0 Å². The first kappa shape index (κ1) is 37.3. The number of carbonyl (C=O) groups excluding carboxylic acids is 3. The first-order valence-electron chi connectivity index (χ1n) is 16.9. The predicted octanol–water partition coefficient (Wildman–Crippen LogP) is 2.47. The minimum Gasteiger partial charge on any atom is -0.493 e. The number of nitrogens with one attached hydrogen (secondary N) is 3. The second-order valence-corrected chi connectivity index (χ2v) is 13.2. The molecule has 3 amide bonds. The lowest BCUT2D eigenvalue weighted by Gasteiger charge is -2.26. The Balaban J connectivity index is 1.41. The topological polar surface area (TPSA) is 160 Å². The van der Waals surface area contributed by atoms with Crippen LogP contribution in [-0.4, -0.2) is 101 Å². The molecule has 1 aromatic heterocycles. The Morgan fingerprint density at radius 3 is 2.55 bits per heavy atom. The minimum atomic E-state index is -1.26. The molecule has 4 bridgehead atoms. The van der Waals surface area contributed by atoms with E-state index in [1.54, 1.807) is 34.6 Å². The number of benzene rings is 3. The van der Waals surface area contributed by atoms with Crippen molar-refractivity contribution in [1.82, 2.24) is 35.8 Å². The van der Waals surface area contributed by atoms with Gasteiger partial charge in [0.1, 0.15) is 18.7 Å². The molecule has 0 unspecified atom stereocenters. The zero-order valence-corrected chi connectivity index (χ0v) is 29.9. The molecule has 13 nitrogen and oxygen atoms in total. The number of ether oxygens (including phenoxy) is 2. The van der Waals surface area contributed by atoms with E-state index in [1.807, 2.05) is 48.9 Å². The summed E-state index contributed by atoms with van der Waals surface area (Å²) in [6.45, 7) is 4.23. The maximum atomic E-state index is 13.8. The molecule has 3 atom stereocenters. The summed E-state index contributed by atoms with van der Waals surface area (Å²) in [6, 6.07) is 20.0. The Kier molecular flexibility index (Phi) is 13.4. The van der Waals surface area contributed by atoms with E-state index in [4.69, 9.17) is 9.47 Å². The number of fused-ring (bicyclic) bond motifs is 16. The average molecular weight is 716 g/mol. The van der Waals surface area contributed by atoms with E-state index in [0.29, 0.717) is 44.1 Å². The highest BCUT2D eigenvalue weighted by molar-refractivity contribution is 7.98. The second kappa shape index (κ2) is 18.4. The van der Waals surface area contributed by atoms with Gasteiger partial charge >= 0.3 is 0 Å². The van der Waals surface area contributed by atoms with Gasteiger partial charge in [-0.1, -0.05) is 47.7 Å². The van der Waals surface area contributed by atoms with E-state index in [9.17, 15) is 19.5 Å². The number of aliphatic hydroxyl groups is 1. The summed E-state index contributed by atoms with van der Waals surface area (Å²) in [6.07, 6.45) is 3.50. The Labute approximate surface area is 302 Å². The fraction of sp³-hybridized carbons (Fsp3) is 0.378. The van der Waals surface area contributed by atoms with Crippen LogP contribution in [0.3, 0.4) is 0 Å². The van der Waals surface area contributed by atoms with Crippen molar-refractivity contribution in [2.45, 2.75) is 55.9 Å². The third-order valence-corrected chi connectivity index (χ3v) is 9.23. The summed E-state index contributed by atoms with van der Waals surface area (Å²) < 4.78 is 13.2. The maximum absolute atomic E-state index is 13.8. The molecule has 4 aromatic rings. The van der Waals surface area contributed by atoms with Crippen molar-refractivity contribution in [3.8, 4) is 11.5 Å². The third-order valence-electron chi connectivity index (χ3n) is 8.51. The number of rotatable bonds is 7. The van der Waals surface area contributed by atoms with Gasteiger partial charge in [0.25, 0.3) is 5.91 Å². The first-order chi connectivity index (χ1) is 24.7. The van der Waals surface area contributed by atoms with Gasteiger partial charge in [-0.3, -0.25) is 19.3 Å². The Bertz CT molecular complexity index is 1770. The molecular formula is C37H45N7O6S. The summed E-state index contributed by atoms with van der Waals surface area (Å²) in [7, 11) is 1.48. The standard InChI is InChI=1S/C37H45N7O6S/c1-25(45)34-37(48)38-15-17-43(23-27-10-7-11-30(20-27)51-3)16-14-29-24-44(42-41-29)18-19-50-32-13-12-28(22-33(32)49-2)35(46)39-31(36(47)40-34)21-26-8-5-4-6-9-26/h4-13,20,22,24-25,31,34,45H,14-19,21,23H2,1-3H3,(H,38,48)(H,39,46)(H,40,47)/t25-,31-,34+/m1/s1. The molecule has 3 heterocycles. The molecule has 4 N–H and O–H groups in total. The van der Waals surface area contributed by atoms with E-state index in [-0.39, 0.29) is 25.1 Å². The summed E-state index contributed by atoms with van der Waals surface area (Å²) in [5, 5.41) is 27.6. The zero-order chi connectivity index (χ0) is 36.2. The second-order valence-electron chi connectivity index (χ2n) is 12.3. The molecule has 51 heavy (non-hydrogen) atoms. The van der Waals surface area contributed by atoms with E-state index in [0.717, 1.165) is 21.7 Å². The lowest BCUT2D eigenvalue weighted by Crippen LogP contribution is -2.58. The number of methoxy groups -OCH3 is 1. The van der Waals surface area contributed by atoms with Gasteiger partial charge in [0.2, 0.25) is 11.8 Å². The molecule has 0 spiro atoms. The summed E-state index contributed by atoms with van der Waals surface area (Å²) in [4.78, 5) is 44.1. The van der Waals surface area contributed by atoms with E-state index in [2.05, 4.69) is 49.4 Å². The van der Waals surface area contributed by atoms with Crippen LogP contribution in [0.5, 0.6) is 11.5 Å². The Morgan fingerprint density at radius 1 is 0.980 bits per heavy atom. The van der Waals surface area contributed by atoms with Gasteiger partial charge < -0.3 is 30.5 Å². The lowest BCUT2D eigenvalue weighted by molar-refractivity contribution is -0.132. The van der Waals surface area contributed by atoms with Gasteiger partial charge in [0.15, 0.2) is 11.5 Å². The molecule has 3 aromatic carbocycles. The van der Waals surface area contributed by atoms with Crippen LogP contribution in [0.4, 0.5) is 0 Å². The van der Waals surface area contributed by atoms with Crippen LogP contribution < -0.4 is 25.4 Å². The van der Waals surface area contributed by atoms with Gasteiger partial charge in [0.05, 0.1) is 25.5 Å². The van der Waals surface area contributed by atoms with Crippen LogP contribution in [0.15, 0.2) is 83.9 Å². The fourth-order valence-corrected chi connectivity index (χ4v) is 6.20. The highest BCUT2D eigenvalue weighted by atomic mass is 32.2. The van der Waals surface area contributed by atoms with Crippen molar-refractivity contribution in [2.75, 3.05) is 39.6 Å². The maximum Gasteiger partial charge on any atom is 0.252 e. The molecule has 0 aliphatic carbocycles. The van der Waals surface area contributed by atoms with Crippen molar-refractivity contribution in [2.24, 2.45) is 0 Å². The molecular weight excluding hydrogens is 671 g/mol. The predicted molar refractivity (Wildman–Crippen MR) is 194 cm³/mol. The molecule has 0 radical (unpaired) electrons. The van der Waals surface area contributed by atoms with Crippen LogP contribution in [0.25, 0.3) is 0 Å². The van der Waals surface area contributed by atoms with Gasteiger partial charge in [-0.2, -0.15) is 0 Å². The quantitative estimate of drug-likeness (QED) is 0.165. The monoisotopic (exact) mass is 715 g/mol. The van der Waals surface area contributed by atoms with Gasteiger partial charge in [0, 0.05) is 55.7 Å². The normalized spacial score (nSPS) is 18.9. The molecule has 270 valence electrons. The van der Waals surface area contributed by atoms with Crippen molar-refractivity contribution in [1.29, 1.82) is 0 Å². The first-order valence-corrected chi connectivity index (χ1v) is 18.1. The number of aromatic nitrogens is 3. The summed E-state index contributed by atoms with van der Waals surface area (Å²) >= 11 is 1.67. The highest BCUT2D eigenvalue weighted by Gasteiger charge is 2.30. The van der Waals surface area contributed by atoms with Crippen LogP contribution in [0.1, 0.15) is 34.1 Å². The lowest BCUT2D eigenvalue weighted by atomic mass is 10.0. The number of aliphatic hydroxyl groups excluding tert-OH is 1. The number of carbonyl (C=O) groups is 3. The van der Waals surface area contributed by atoms with Gasteiger partial charge in [-0.25, -0.2) is 4.68 Å². The Hall–Kier alpha value is -4.92. The largest absolute Gasteiger partial charge is 0.493 e. The highest BCUT2D eigenvalue weighted by Crippen LogP contribution is 2.28. The number of amides is 3. The van der Waals surface area contributed by atoms with Crippen LogP contribution >= 0.6 is 11.8 Å². The average Bonchev–Trinajstić information content (AvgIpc) is 3.59. The molecule has 14 heteroatoms. The van der Waals surface area contributed by atoms with Crippen molar-refractivity contribution in [3.05, 3.63) is 101 Å². The minimum absolute atomic E-state index is 0.154. The SMILES string of the molecule is COc1cc2ccc1OCCn1cc(nn1)CCN(Cc1cccc(SC)c1)CCNC(=O)[C@H]([C@@H](C)O)NC(=O)[C@@H](Cc1ccccc1)NC2=O. The molecule has 0 fully saturated rings. The molecule has 6 rings (SSSR count). The molecule has 0 saturated heterocycles. The number of nitrogens with zero attached hydrogens (tertiary/aromatic N) is 4. The van der Waals surface area contributed by atoms with Crippen molar-refractivity contribution >= 4 is 29.5 Å². The summed E-state index contributed by atoms with van der Waals surface area (Å²) in [5.74, 6) is -0.877. The smallest absolute Gasteiger partial charge is 0.252 e. The molecule has 0 saturated carbocycles. The van der Waals surface area contributed by atoms with Crippen LogP contribution in [-0.2, 0) is 35.5 Å². The van der Waals surface area contributed by atoms with Crippen molar-refractivity contribution < 1.29 is 29.0 Å². The van der Waals surface area contributed by atoms with E-state index in [1.165, 1.54) is 14.0 Å². The third kappa shape index (κ3) is 10.8. The van der Waals surface area contributed by atoms with Crippen molar-refractivity contribution in [3.63, 3.8) is 0 Å². The number of hydrogen-bond acceptors (Lipinski definition) is 10. The number of hydrogen-bond donors (Lipinski definition) is 4. The molecule has 2 aliphatic heterocycles. The Morgan fingerprint density at radius 2 is 1.78 bits per heavy atom. The van der Waals surface area contributed by atoms with Crippen LogP contribution in [0.2, 0.25) is 0 Å². The van der Waals surface area contributed by atoms with Gasteiger partial charge in [-0.05, 0) is 54.6 Å². The van der Waals surface area contributed by atoms with E-state index < -0.39 is 35.9 Å². The zero-order valence-electron chi connectivity index (χ0n) is 29.1. The number of thioether (sulfide) groups is 1. The summed E-state index contributed by atoms with van der Waals surface area (Å²) in [5.41, 5.74) is 3.00. The van der Waals surface area contributed by atoms with Gasteiger partial charge in [-0.15, -0.1) is 16.9 Å². The molecule has 2 aliphatic rings.